The zero-order chi connectivity index (χ0) is 33.7. The summed E-state index contributed by atoms with van der Waals surface area (Å²) in [7, 11) is 0. The molecule has 0 aromatic carbocycles. The second-order valence-electron chi connectivity index (χ2n) is 15.1. The van der Waals surface area contributed by atoms with Gasteiger partial charge in [0.15, 0.2) is 5.78 Å². The summed E-state index contributed by atoms with van der Waals surface area (Å²) in [6.45, 7) is 4.48. The molecular formula is C35H55N5O6S. The summed E-state index contributed by atoms with van der Waals surface area (Å²) in [4.78, 5) is 81.6. The van der Waals surface area contributed by atoms with Gasteiger partial charge >= 0.3 is 6.03 Å². The zero-order valence-corrected chi connectivity index (χ0v) is 29.0. The van der Waals surface area contributed by atoms with Crippen molar-refractivity contribution in [2.75, 3.05) is 12.3 Å². The van der Waals surface area contributed by atoms with Crippen LogP contribution in [0.1, 0.15) is 110 Å². The number of Topliss-reactive ketones (excluding diaryl/α,β-unsaturated/α-hetero) is 2. The predicted molar refractivity (Wildman–Crippen MR) is 180 cm³/mol. The highest BCUT2D eigenvalue weighted by Crippen LogP contribution is 2.37. The van der Waals surface area contributed by atoms with Crippen LogP contribution in [0.5, 0.6) is 0 Å². The average Bonchev–Trinajstić information content (AvgIpc) is 4.02. The third-order valence-electron chi connectivity index (χ3n) is 11.1. The van der Waals surface area contributed by atoms with Gasteiger partial charge in [-0.15, -0.1) is 0 Å². The summed E-state index contributed by atoms with van der Waals surface area (Å²) in [5.41, 5.74) is 5.33. The standard InChI is InChI=1S/C35H55N5O6S/c1-20(2)24-17-27(33(44)37-26(31(42)32(36)43)19-47-25-15-16-25)40(18-24)34(45)29(22-11-7-4-8-12-22)39-35(46)38-28(30(41)23-13-14-23)21-9-5-3-6-10-21/h20-29H,3-19H2,1-2H3,(H2,36,43)(H,37,44)(H2,38,39,46)/t24-,26?,27+,28+,29+/m1/s1. The Bertz CT molecular complexity index is 1180. The molecule has 1 unspecified atom stereocenters. The van der Waals surface area contributed by atoms with Gasteiger partial charge < -0.3 is 26.6 Å². The number of nitrogens with zero attached hydrogens (tertiary/aromatic N) is 1. The van der Waals surface area contributed by atoms with Crippen LogP contribution in [0, 0.1) is 29.6 Å². The molecule has 0 aromatic rings. The lowest BCUT2D eigenvalue weighted by atomic mass is 9.81. The SMILES string of the molecule is CC(C)[C@@H]1C[C@@H](C(=O)NC(CSC2CC2)C(=O)C(N)=O)N(C(=O)[C@@H](NC(=O)N[C@H](C(=O)C2CC2)C2CCCCC2)C2CCCCC2)C1. The lowest BCUT2D eigenvalue weighted by molar-refractivity contribution is -0.142. The van der Waals surface area contributed by atoms with Crippen LogP contribution in [-0.4, -0.2) is 81.9 Å². The number of hydrogen-bond acceptors (Lipinski definition) is 7. The fourth-order valence-electron chi connectivity index (χ4n) is 7.80. The maximum absolute atomic E-state index is 14.5. The van der Waals surface area contributed by atoms with Crippen molar-refractivity contribution in [3.63, 3.8) is 0 Å². The topological polar surface area (TPSA) is 168 Å². The van der Waals surface area contributed by atoms with Crippen molar-refractivity contribution >= 4 is 47.1 Å². The quantitative estimate of drug-likeness (QED) is 0.193. The van der Waals surface area contributed by atoms with Crippen molar-refractivity contribution in [3.05, 3.63) is 0 Å². The molecule has 4 aliphatic carbocycles. The predicted octanol–water partition coefficient (Wildman–Crippen LogP) is 3.47. The Morgan fingerprint density at radius 1 is 0.745 bits per heavy atom. The van der Waals surface area contributed by atoms with E-state index in [1.807, 2.05) is 0 Å². The Morgan fingerprint density at radius 2 is 1.32 bits per heavy atom. The van der Waals surface area contributed by atoms with E-state index in [2.05, 4.69) is 29.8 Å². The van der Waals surface area contributed by atoms with Crippen molar-refractivity contribution in [3.8, 4) is 0 Å². The van der Waals surface area contributed by atoms with Gasteiger partial charge in [-0.1, -0.05) is 52.4 Å². The van der Waals surface area contributed by atoms with Crippen LogP contribution < -0.4 is 21.7 Å². The highest BCUT2D eigenvalue weighted by Gasteiger charge is 2.46. The minimum atomic E-state index is -1.09. The number of carbonyl (C=O) groups is 6. The molecule has 5 rings (SSSR count). The second-order valence-corrected chi connectivity index (χ2v) is 16.4. The summed E-state index contributed by atoms with van der Waals surface area (Å²) in [5, 5.41) is 9.24. The van der Waals surface area contributed by atoms with Gasteiger partial charge in [0.25, 0.3) is 5.91 Å². The lowest BCUT2D eigenvalue weighted by Crippen LogP contribution is -2.60. The normalized spacial score (nSPS) is 25.9. The molecule has 1 aliphatic heterocycles. The van der Waals surface area contributed by atoms with Gasteiger partial charge in [0.05, 0.1) is 6.04 Å². The monoisotopic (exact) mass is 673 g/mol. The zero-order valence-electron chi connectivity index (χ0n) is 28.2. The molecule has 5 atom stereocenters. The number of thioether (sulfide) groups is 1. The van der Waals surface area contributed by atoms with Crippen LogP contribution in [-0.2, 0) is 24.0 Å². The van der Waals surface area contributed by atoms with Crippen LogP contribution >= 0.6 is 11.8 Å². The summed E-state index contributed by atoms with van der Waals surface area (Å²) in [6, 6.07) is -3.78. The van der Waals surface area contributed by atoms with E-state index >= 15 is 0 Å². The minimum absolute atomic E-state index is 0.0165. The number of carbonyl (C=O) groups excluding carboxylic acids is 6. The highest BCUT2D eigenvalue weighted by molar-refractivity contribution is 8.00. The molecule has 5 aliphatic rings. The van der Waals surface area contributed by atoms with Crippen LogP contribution in [0.2, 0.25) is 0 Å². The maximum Gasteiger partial charge on any atom is 0.316 e. The average molecular weight is 674 g/mol. The number of amides is 5. The Kier molecular flexibility index (Phi) is 12.3. The Balaban J connectivity index is 1.33. The first-order chi connectivity index (χ1) is 22.5. The summed E-state index contributed by atoms with van der Waals surface area (Å²) in [5.74, 6) is -2.06. The summed E-state index contributed by atoms with van der Waals surface area (Å²) < 4.78 is 0. The van der Waals surface area contributed by atoms with Gasteiger partial charge in [-0.2, -0.15) is 11.8 Å². The van der Waals surface area contributed by atoms with Gasteiger partial charge in [-0.3, -0.25) is 24.0 Å². The molecule has 4 saturated carbocycles. The van der Waals surface area contributed by atoms with E-state index in [0.717, 1.165) is 89.9 Å². The minimum Gasteiger partial charge on any atom is -0.363 e. The van der Waals surface area contributed by atoms with Crippen molar-refractivity contribution < 1.29 is 28.8 Å². The van der Waals surface area contributed by atoms with E-state index in [-0.39, 0.29) is 47.0 Å². The third kappa shape index (κ3) is 9.50. The van der Waals surface area contributed by atoms with Crippen LogP contribution in [0.25, 0.3) is 0 Å². The van der Waals surface area contributed by atoms with Crippen molar-refractivity contribution in [1.29, 1.82) is 0 Å². The second kappa shape index (κ2) is 16.2. The molecule has 5 fully saturated rings. The number of primary amides is 1. The van der Waals surface area contributed by atoms with Crippen molar-refractivity contribution in [2.24, 2.45) is 35.3 Å². The maximum atomic E-state index is 14.5. The molecule has 12 heteroatoms. The molecule has 0 bridgehead atoms. The van der Waals surface area contributed by atoms with E-state index in [4.69, 9.17) is 5.73 Å². The third-order valence-corrected chi connectivity index (χ3v) is 12.6. The number of nitrogens with two attached hydrogens (primary N) is 1. The lowest BCUT2D eigenvalue weighted by Gasteiger charge is -2.36. The fourth-order valence-corrected chi connectivity index (χ4v) is 8.96. The number of likely N-dealkylation sites (tertiary alicyclic amines) is 1. The molecule has 262 valence electrons. The van der Waals surface area contributed by atoms with Gasteiger partial charge in [0.2, 0.25) is 17.6 Å². The molecule has 5 N–H and O–H groups in total. The molecular weight excluding hydrogens is 618 g/mol. The molecule has 1 saturated heterocycles. The van der Waals surface area contributed by atoms with Gasteiger partial charge in [-0.25, -0.2) is 4.79 Å². The molecule has 1 heterocycles. The number of urea groups is 1. The number of hydrogen-bond donors (Lipinski definition) is 4. The molecule has 47 heavy (non-hydrogen) atoms. The van der Waals surface area contributed by atoms with Gasteiger partial charge in [0, 0.05) is 23.5 Å². The first kappa shape index (κ1) is 35.7. The Hall–Kier alpha value is -2.63. The Labute approximate surface area is 283 Å². The molecule has 11 nitrogen and oxygen atoms in total. The van der Waals surface area contributed by atoms with Crippen molar-refractivity contribution in [2.45, 2.75) is 140 Å². The Morgan fingerprint density at radius 3 is 1.85 bits per heavy atom. The van der Waals surface area contributed by atoms with Gasteiger partial charge in [0.1, 0.15) is 18.1 Å². The van der Waals surface area contributed by atoms with E-state index in [9.17, 15) is 28.8 Å². The number of nitrogens with one attached hydrogen (secondary N) is 3. The summed E-state index contributed by atoms with van der Waals surface area (Å²) >= 11 is 1.54. The summed E-state index contributed by atoms with van der Waals surface area (Å²) in [6.07, 6.45) is 13.9. The number of rotatable bonds is 15. The first-order valence-corrected chi connectivity index (χ1v) is 19.2. The van der Waals surface area contributed by atoms with E-state index in [0.29, 0.717) is 18.2 Å². The smallest absolute Gasteiger partial charge is 0.316 e. The molecule has 0 spiro atoms. The van der Waals surface area contributed by atoms with Crippen LogP contribution in [0.15, 0.2) is 0 Å². The van der Waals surface area contributed by atoms with E-state index in [1.165, 1.54) is 0 Å². The largest absolute Gasteiger partial charge is 0.363 e. The highest BCUT2D eigenvalue weighted by atomic mass is 32.2. The van der Waals surface area contributed by atoms with Crippen LogP contribution in [0.4, 0.5) is 4.79 Å². The van der Waals surface area contributed by atoms with Gasteiger partial charge in [-0.05, 0) is 81.5 Å². The first-order valence-electron chi connectivity index (χ1n) is 18.2. The molecule has 0 radical (unpaired) electrons. The van der Waals surface area contributed by atoms with Crippen molar-refractivity contribution in [1.82, 2.24) is 20.9 Å². The molecule has 5 amide bonds. The van der Waals surface area contributed by atoms with E-state index in [1.54, 1.807) is 16.7 Å². The fraction of sp³-hybridized carbons (Fsp3) is 0.829. The number of ketones is 2. The van der Waals surface area contributed by atoms with Crippen LogP contribution in [0.3, 0.4) is 0 Å². The van der Waals surface area contributed by atoms with E-state index < -0.39 is 47.8 Å². The molecule has 0 aromatic heterocycles.